The van der Waals surface area contributed by atoms with E-state index in [-0.39, 0.29) is 25.2 Å². The molecule has 1 amide bonds. The minimum absolute atomic E-state index is 0.0164. The maximum absolute atomic E-state index is 12.6. The molecule has 0 aliphatic heterocycles. The summed E-state index contributed by atoms with van der Waals surface area (Å²) in [7, 11) is -3.42. The van der Waals surface area contributed by atoms with Crippen LogP contribution in [0, 0.1) is 0 Å². The predicted molar refractivity (Wildman–Crippen MR) is 81.4 cm³/mol. The maximum atomic E-state index is 12.6. The van der Waals surface area contributed by atoms with Crippen molar-refractivity contribution in [2.24, 2.45) is 0 Å². The largest absolute Gasteiger partial charge is 0.416 e. The normalized spacial score (nSPS) is 12.4. The SMILES string of the molecule is CCCN(CCC(=O)Nc1cccc(C(F)(F)F)c1)S(C)(=O)=O. The lowest BCUT2D eigenvalue weighted by Gasteiger charge is -2.18. The third kappa shape index (κ3) is 6.57. The summed E-state index contributed by atoms with van der Waals surface area (Å²) < 4.78 is 62.0. The number of hydrogen-bond donors (Lipinski definition) is 1. The standard InChI is InChI=1S/C14H19F3N2O3S/c1-3-8-19(23(2,21)22)9-7-13(20)18-12-6-4-5-11(10-12)14(15,16)17/h4-6,10H,3,7-9H2,1-2H3,(H,18,20). The fourth-order valence-electron chi connectivity index (χ4n) is 1.92. The Balaban J connectivity index is 2.67. The topological polar surface area (TPSA) is 66.5 Å². The Morgan fingerprint density at radius 1 is 1.26 bits per heavy atom. The average Bonchev–Trinajstić information content (AvgIpc) is 2.41. The number of amides is 1. The molecule has 0 fully saturated rings. The zero-order valence-corrected chi connectivity index (χ0v) is 13.7. The van der Waals surface area contributed by atoms with Crippen LogP contribution in [-0.2, 0) is 21.0 Å². The molecule has 130 valence electrons. The minimum Gasteiger partial charge on any atom is -0.326 e. The number of nitrogens with one attached hydrogen (secondary N) is 1. The first-order chi connectivity index (χ1) is 10.5. The molecular formula is C14H19F3N2O3S. The second-order valence-electron chi connectivity index (χ2n) is 5.04. The predicted octanol–water partition coefficient (Wildman–Crippen LogP) is 2.71. The van der Waals surface area contributed by atoms with Crippen LogP contribution in [-0.4, -0.2) is 38.0 Å². The Bertz CT molecular complexity index is 645. The van der Waals surface area contributed by atoms with E-state index in [1.807, 2.05) is 0 Å². The number of carbonyl (C=O) groups excluding carboxylic acids is 1. The molecule has 0 aliphatic carbocycles. The Hall–Kier alpha value is -1.61. The van der Waals surface area contributed by atoms with E-state index in [0.29, 0.717) is 6.42 Å². The molecule has 1 aromatic rings. The fourth-order valence-corrected chi connectivity index (χ4v) is 2.85. The van der Waals surface area contributed by atoms with Gasteiger partial charge in [-0.15, -0.1) is 0 Å². The Morgan fingerprint density at radius 2 is 1.91 bits per heavy atom. The molecule has 1 aromatic carbocycles. The molecule has 0 saturated heterocycles. The molecule has 0 radical (unpaired) electrons. The van der Waals surface area contributed by atoms with E-state index in [4.69, 9.17) is 0 Å². The Morgan fingerprint density at radius 3 is 2.43 bits per heavy atom. The van der Waals surface area contributed by atoms with Crippen LogP contribution in [0.3, 0.4) is 0 Å². The van der Waals surface area contributed by atoms with Crippen LogP contribution in [0.2, 0.25) is 0 Å². The van der Waals surface area contributed by atoms with Crippen molar-refractivity contribution in [3.05, 3.63) is 29.8 Å². The lowest BCUT2D eigenvalue weighted by Crippen LogP contribution is -2.33. The van der Waals surface area contributed by atoms with Crippen molar-refractivity contribution in [1.82, 2.24) is 4.31 Å². The van der Waals surface area contributed by atoms with Gasteiger partial charge in [0.25, 0.3) is 0 Å². The first-order valence-corrected chi connectivity index (χ1v) is 8.81. The summed E-state index contributed by atoms with van der Waals surface area (Å²) in [6.07, 6.45) is -2.98. The second-order valence-corrected chi connectivity index (χ2v) is 7.02. The van der Waals surface area contributed by atoms with Gasteiger partial charge in [0, 0.05) is 25.2 Å². The van der Waals surface area contributed by atoms with Gasteiger partial charge in [0.1, 0.15) is 0 Å². The van der Waals surface area contributed by atoms with E-state index in [1.165, 1.54) is 16.4 Å². The Labute approximate surface area is 133 Å². The van der Waals surface area contributed by atoms with Gasteiger partial charge in [-0.2, -0.15) is 13.2 Å². The van der Waals surface area contributed by atoms with E-state index < -0.39 is 27.7 Å². The van der Waals surface area contributed by atoms with Gasteiger partial charge >= 0.3 is 6.18 Å². The number of sulfonamides is 1. The highest BCUT2D eigenvalue weighted by atomic mass is 32.2. The van der Waals surface area contributed by atoms with Gasteiger partial charge in [-0.1, -0.05) is 13.0 Å². The van der Waals surface area contributed by atoms with Gasteiger partial charge in [0.05, 0.1) is 11.8 Å². The molecule has 1 rings (SSSR count). The molecule has 0 heterocycles. The van der Waals surface area contributed by atoms with Gasteiger partial charge in [-0.05, 0) is 24.6 Å². The average molecular weight is 352 g/mol. The monoisotopic (exact) mass is 352 g/mol. The first-order valence-electron chi connectivity index (χ1n) is 6.96. The van der Waals surface area contributed by atoms with Crippen LogP contribution in [0.5, 0.6) is 0 Å². The number of hydrogen-bond acceptors (Lipinski definition) is 3. The van der Waals surface area contributed by atoms with Crippen molar-refractivity contribution < 1.29 is 26.4 Å². The van der Waals surface area contributed by atoms with Crippen molar-refractivity contribution in [3.63, 3.8) is 0 Å². The van der Waals surface area contributed by atoms with Crippen molar-refractivity contribution >= 4 is 21.6 Å². The number of alkyl halides is 3. The molecule has 0 saturated carbocycles. The molecule has 1 N–H and O–H groups in total. The number of carbonyl (C=O) groups is 1. The second kappa shape index (κ2) is 7.78. The molecule has 0 bridgehead atoms. The van der Waals surface area contributed by atoms with E-state index in [2.05, 4.69) is 5.32 Å². The zero-order chi connectivity index (χ0) is 17.7. The molecule has 0 unspecified atom stereocenters. The van der Waals surface area contributed by atoms with E-state index in [1.54, 1.807) is 6.92 Å². The molecule has 0 atom stereocenters. The maximum Gasteiger partial charge on any atom is 0.416 e. The van der Waals surface area contributed by atoms with Gasteiger partial charge < -0.3 is 5.32 Å². The number of rotatable bonds is 7. The van der Waals surface area contributed by atoms with Crippen LogP contribution in [0.15, 0.2) is 24.3 Å². The lowest BCUT2D eigenvalue weighted by molar-refractivity contribution is -0.137. The summed E-state index contributed by atoms with van der Waals surface area (Å²) in [5.74, 6) is -0.547. The van der Waals surface area contributed by atoms with Crippen LogP contribution >= 0.6 is 0 Å². The molecular weight excluding hydrogens is 333 g/mol. The number of halogens is 3. The molecule has 23 heavy (non-hydrogen) atoms. The highest BCUT2D eigenvalue weighted by Gasteiger charge is 2.30. The van der Waals surface area contributed by atoms with Crippen LogP contribution in [0.25, 0.3) is 0 Å². The quantitative estimate of drug-likeness (QED) is 0.820. The number of nitrogens with zero attached hydrogens (tertiary/aromatic N) is 1. The van der Waals surface area contributed by atoms with E-state index in [0.717, 1.165) is 18.4 Å². The van der Waals surface area contributed by atoms with Crippen molar-refractivity contribution in [2.45, 2.75) is 25.9 Å². The summed E-state index contributed by atoms with van der Waals surface area (Å²) in [6, 6.07) is 4.27. The number of anilines is 1. The molecule has 5 nitrogen and oxygen atoms in total. The summed E-state index contributed by atoms with van der Waals surface area (Å²) in [6.45, 7) is 2.08. The van der Waals surface area contributed by atoms with Gasteiger partial charge in [-0.3, -0.25) is 4.79 Å². The van der Waals surface area contributed by atoms with Crippen molar-refractivity contribution in [1.29, 1.82) is 0 Å². The third-order valence-electron chi connectivity index (χ3n) is 3.00. The summed E-state index contributed by atoms with van der Waals surface area (Å²) >= 11 is 0. The van der Waals surface area contributed by atoms with Gasteiger partial charge in [0.2, 0.25) is 15.9 Å². The Kier molecular flexibility index (Phi) is 6.57. The highest BCUT2D eigenvalue weighted by molar-refractivity contribution is 7.88. The highest BCUT2D eigenvalue weighted by Crippen LogP contribution is 2.30. The van der Waals surface area contributed by atoms with Crippen LogP contribution in [0.4, 0.5) is 18.9 Å². The lowest BCUT2D eigenvalue weighted by atomic mass is 10.2. The van der Waals surface area contributed by atoms with E-state index >= 15 is 0 Å². The van der Waals surface area contributed by atoms with Gasteiger partial charge in [-0.25, -0.2) is 12.7 Å². The third-order valence-corrected chi connectivity index (χ3v) is 4.31. The number of benzene rings is 1. The van der Waals surface area contributed by atoms with Crippen molar-refractivity contribution in [3.8, 4) is 0 Å². The first kappa shape index (κ1) is 19.4. The smallest absolute Gasteiger partial charge is 0.326 e. The van der Waals surface area contributed by atoms with Crippen LogP contribution in [0.1, 0.15) is 25.3 Å². The summed E-state index contributed by atoms with van der Waals surface area (Å²) in [4.78, 5) is 11.8. The fraction of sp³-hybridized carbons (Fsp3) is 0.500. The van der Waals surface area contributed by atoms with E-state index in [9.17, 15) is 26.4 Å². The molecule has 0 spiro atoms. The summed E-state index contributed by atoms with van der Waals surface area (Å²) in [5, 5.41) is 2.34. The molecule has 9 heteroatoms. The summed E-state index contributed by atoms with van der Waals surface area (Å²) in [5.41, 5.74) is -0.842. The minimum atomic E-state index is -4.49. The van der Waals surface area contributed by atoms with Gasteiger partial charge in [0.15, 0.2) is 0 Å². The van der Waals surface area contributed by atoms with Crippen molar-refractivity contribution in [2.75, 3.05) is 24.7 Å². The molecule has 0 aromatic heterocycles. The zero-order valence-electron chi connectivity index (χ0n) is 12.9. The molecule has 0 aliphatic rings. The van der Waals surface area contributed by atoms with Crippen LogP contribution < -0.4 is 5.32 Å².